The minimum Gasteiger partial charge on any atom is -0.493 e. The third-order valence-corrected chi connectivity index (χ3v) is 3.92. The summed E-state index contributed by atoms with van der Waals surface area (Å²) in [7, 11) is 1.44. The number of ether oxygens (including phenoxy) is 2. The Bertz CT molecular complexity index is 1000. The van der Waals surface area contributed by atoms with Crippen molar-refractivity contribution in [1.82, 2.24) is 9.97 Å². The molecule has 0 unspecified atom stereocenters. The Hall–Kier alpha value is -3.27. The smallest absolute Gasteiger partial charge is 0.373 e. The predicted molar refractivity (Wildman–Crippen MR) is 99.1 cm³/mol. The zero-order valence-corrected chi connectivity index (χ0v) is 15.4. The Morgan fingerprint density at radius 2 is 1.93 bits per heavy atom. The molecular weight excluding hydrogens is 423 g/mol. The number of para-hydroxylation sites is 2. The Morgan fingerprint density at radius 1 is 1.19 bits per heavy atom. The summed E-state index contributed by atoms with van der Waals surface area (Å²) >= 11 is 3.15. The number of nitrogens with zero attached hydrogens (tertiary/aromatic N) is 3. The predicted octanol–water partition coefficient (Wildman–Crippen LogP) is 4.83. The van der Waals surface area contributed by atoms with Gasteiger partial charge in [0.05, 0.1) is 17.7 Å². The average Bonchev–Trinajstić information content (AvgIpc) is 2.64. The number of nitrogens with one attached hydrogen (secondary N) is 1. The van der Waals surface area contributed by atoms with Crippen LogP contribution in [0.15, 0.2) is 53.3 Å². The Kier molecular flexibility index (Phi) is 5.46. The third kappa shape index (κ3) is 4.11. The summed E-state index contributed by atoms with van der Waals surface area (Å²) in [6, 6.07) is 10.9. The van der Waals surface area contributed by atoms with E-state index < -0.39 is 16.4 Å². The second-order valence-corrected chi connectivity index (χ2v) is 6.05. The topological polar surface area (TPSA) is 99.4 Å². The largest absolute Gasteiger partial charge is 0.493 e. The zero-order valence-electron chi connectivity index (χ0n) is 13.8. The first-order valence-corrected chi connectivity index (χ1v) is 8.31. The molecule has 0 aliphatic heterocycles. The van der Waals surface area contributed by atoms with Gasteiger partial charge in [-0.15, -0.1) is 0 Å². The van der Waals surface area contributed by atoms with Crippen LogP contribution in [0.5, 0.6) is 17.4 Å². The van der Waals surface area contributed by atoms with Crippen molar-refractivity contribution < 1.29 is 18.8 Å². The number of halogens is 2. The Morgan fingerprint density at radius 3 is 2.59 bits per heavy atom. The third-order valence-electron chi connectivity index (χ3n) is 3.43. The van der Waals surface area contributed by atoms with Gasteiger partial charge in [0.25, 0.3) is 0 Å². The molecule has 27 heavy (non-hydrogen) atoms. The van der Waals surface area contributed by atoms with Crippen LogP contribution in [0, 0.1) is 15.9 Å². The van der Waals surface area contributed by atoms with E-state index in [0.29, 0.717) is 10.2 Å². The maximum absolute atomic E-state index is 14.1. The maximum Gasteiger partial charge on any atom is 0.373 e. The molecule has 138 valence electrons. The van der Waals surface area contributed by atoms with Gasteiger partial charge in [-0.25, -0.2) is 9.37 Å². The summed E-state index contributed by atoms with van der Waals surface area (Å²) < 4.78 is 25.3. The van der Waals surface area contributed by atoms with E-state index >= 15 is 0 Å². The molecule has 8 nitrogen and oxygen atoms in total. The summed E-state index contributed by atoms with van der Waals surface area (Å²) in [5, 5.41) is 14.2. The number of methoxy groups -OCH3 is 1. The molecular formula is C17H12BrFN4O4. The van der Waals surface area contributed by atoms with Gasteiger partial charge in [0.15, 0.2) is 11.5 Å². The van der Waals surface area contributed by atoms with Gasteiger partial charge >= 0.3 is 11.6 Å². The molecule has 10 heteroatoms. The number of anilines is 2. The van der Waals surface area contributed by atoms with Gasteiger partial charge in [-0.2, -0.15) is 4.98 Å². The van der Waals surface area contributed by atoms with Crippen LogP contribution in [0.4, 0.5) is 21.6 Å². The molecule has 0 fully saturated rings. The molecule has 0 bridgehead atoms. The normalized spacial score (nSPS) is 10.3. The van der Waals surface area contributed by atoms with Gasteiger partial charge in [0, 0.05) is 4.47 Å². The first-order valence-electron chi connectivity index (χ1n) is 7.52. The van der Waals surface area contributed by atoms with Gasteiger partial charge in [0.2, 0.25) is 5.82 Å². The number of rotatable bonds is 6. The summed E-state index contributed by atoms with van der Waals surface area (Å²) in [6.07, 6.45) is 1.08. The van der Waals surface area contributed by atoms with Crippen LogP contribution in [-0.2, 0) is 0 Å². The van der Waals surface area contributed by atoms with E-state index in [0.717, 1.165) is 6.33 Å². The number of nitro groups is 1. The number of benzene rings is 2. The molecule has 0 saturated heterocycles. The fourth-order valence-corrected chi connectivity index (χ4v) is 2.55. The van der Waals surface area contributed by atoms with Gasteiger partial charge in [-0.05, 0) is 30.3 Å². The number of hydrogen-bond donors (Lipinski definition) is 1. The summed E-state index contributed by atoms with van der Waals surface area (Å²) in [4.78, 5) is 18.6. The van der Waals surface area contributed by atoms with E-state index in [9.17, 15) is 14.5 Å². The number of aromatic nitrogens is 2. The van der Waals surface area contributed by atoms with Crippen molar-refractivity contribution in [2.75, 3.05) is 12.4 Å². The van der Waals surface area contributed by atoms with Crippen molar-refractivity contribution in [3.63, 3.8) is 0 Å². The van der Waals surface area contributed by atoms with E-state index in [1.165, 1.54) is 19.2 Å². The van der Waals surface area contributed by atoms with E-state index in [4.69, 9.17) is 9.47 Å². The fourth-order valence-electron chi connectivity index (χ4n) is 2.22. The van der Waals surface area contributed by atoms with Gasteiger partial charge in [-0.1, -0.05) is 28.1 Å². The first kappa shape index (κ1) is 18.5. The molecule has 1 aromatic heterocycles. The van der Waals surface area contributed by atoms with E-state index in [-0.39, 0.29) is 23.1 Å². The summed E-state index contributed by atoms with van der Waals surface area (Å²) in [5.74, 6) is -0.508. The quantitative estimate of drug-likeness (QED) is 0.437. The maximum atomic E-state index is 14.1. The SMILES string of the molecule is COc1ccccc1Oc1ncnc(Nc2ccc(Br)cc2F)c1[N+](=O)[O-]. The average molecular weight is 435 g/mol. The van der Waals surface area contributed by atoms with Crippen molar-refractivity contribution in [1.29, 1.82) is 0 Å². The molecule has 2 aromatic carbocycles. The highest BCUT2D eigenvalue weighted by Gasteiger charge is 2.26. The van der Waals surface area contributed by atoms with Crippen molar-refractivity contribution in [3.05, 3.63) is 69.2 Å². The summed E-state index contributed by atoms with van der Waals surface area (Å²) in [6.45, 7) is 0. The molecule has 3 rings (SSSR count). The molecule has 0 spiro atoms. The van der Waals surface area contributed by atoms with Crippen molar-refractivity contribution in [2.24, 2.45) is 0 Å². The second kappa shape index (κ2) is 7.96. The molecule has 0 aliphatic carbocycles. The van der Waals surface area contributed by atoms with E-state index in [1.807, 2.05) is 0 Å². The van der Waals surface area contributed by atoms with Gasteiger partial charge < -0.3 is 14.8 Å². The second-order valence-electron chi connectivity index (χ2n) is 5.14. The molecule has 1 N–H and O–H groups in total. The fraction of sp³-hybridized carbons (Fsp3) is 0.0588. The lowest BCUT2D eigenvalue weighted by Gasteiger charge is -2.11. The molecule has 0 amide bonds. The lowest BCUT2D eigenvalue weighted by molar-refractivity contribution is -0.385. The Labute approximate surface area is 161 Å². The minimum atomic E-state index is -0.705. The molecule has 3 aromatic rings. The molecule has 0 aliphatic rings. The first-order chi connectivity index (χ1) is 13.0. The number of hydrogen-bond acceptors (Lipinski definition) is 7. The standard InChI is InChI=1S/C17H12BrFN4O4/c1-26-13-4-2-3-5-14(13)27-17-15(23(24)25)16(20-9-21-17)22-12-7-6-10(18)8-11(12)19/h2-9H,1H3,(H,20,21,22). The van der Waals surface area contributed by atoms with Crippen LogP contribution in [0.25, 0.3) is 0 Å². The molecule has 0 radical (unpaired) electrons. The lowest BCUT2D eigenvalue weighted by atomic mass is 10.3. The van der Waals surface area contributed by atoms with Crippen LogP contribution in [0.1, 0.15) is 0 Å². The van der Waals surface area contributed by atoms with Crippen LogP contribution >= 0.6 is 15.9 Å². The van der Waals surface area contributed by atoms with Crippen LogP contribution < -0.4 is 14.8 Å². The highest BCUT2D eigenvalue weighted by atomic mass is 79.9. The monoisotopic (exact) mass is 434 g/mol. The van der Waals surface area contributed by atoms with Crippen molar-refractivity contribution >= 4 is 33.1 Å². The van der Waals surface area contributed by atoms with E-state index in [2.05, 4.69) is 31.2 Å². The lowest BCUT2D eigenvalue weighted by Crippen LogP contribution is -2.04. The highest BCUT2D eigenvalue weighted by Crippen LogP contribution is 2.38. The molecule has 0 saturated carbocycles. The minimum absolute atomic E-state index is 0.0169. The van der Waals surface area contributed by atoms with Gasteiger partial charge in [0.1, 0.15) is 12.1 Å². The molecule has 1 heterocycles. The summed E-state index contributed by atoms with van der Waals surface area (Å²) in [5.41, 5.74) is -0.519. The highest BCUT2D eigenvalue weighted by molar-refractivity contribution is 9.10. The zero-order chi connectivity index (χ0) is 19.4. The van der Waals surface area contributed by atoms with Crippen molar-refractivity contribution in [2.45, 2.75) is 0 Å². The van der Waals surface area contributed by atoms with Crippen LogP contribution in [0.2, 0.25) is 0 Å². The van der Waals surface area contributed by atoms with Crippen LogP contribution in [0.3, 0.4) is 0 Å². The Balaban J connectivity index is 2.01. The van der Waals surface area contributed by atoms with Crippen molar-refractivity contribution in [3.8, 4) is 17.4 Å². The van der Waals surface area contributed by atoms with Crippen LogP contribution in [-0.4, -0.2) is 22.0 Å². The molecule has 0 atom stereocenters. The van der Waals surface area contributed by atoms with Gasteiger partial charge in [-0.3, -0.25) is 10.1 Å². The van der Waals surface area contributed by atoms with E-state index in [1.54, 1.807) is 30.3 Å².